The highest BCUT2D eigenvalue weighted by Crippen LogP contribution is 2.23. The highest BCUT2D eigenvalue weighted by Gasteiger charge is 2.11. The van der Waals surface area contributed by atoms with Gasteiger partial charge in [-0.3, -0.25) is 9.59 Å². The van der Waals surface area contributed by atoms with Crippen LogP contribution in [0, 0.1) is 0 Å². The maximum Gasteiger partial charge on any atom is 0.256 e. The molecule has 0 spiro atoms. The van der Waals surface area contributed by atoms with E-state index in [1.165, 1.54) is 0 Å². The van der Waals surface area contributed by atoms with E-state index in [9.17, 15) is 9.59 Å². The Morgan fingerprint density at radius 1 is 0.829 bits per heavy atom. The highest BCUT2D eigenvalue weighted by atomic mass is 32.2. The van der Waals surface area contributed by atoms with Crippen molar-refractivity contribution < 1.29 is 9.59 Å². The van der Waals surface area contributed by atoms with E-state index in [2.05, 4.69) is 20.6 Å². The number of fused-ring (bicyclic) bond motifs is 1. The fourth-order valence-electron chi connectivity index (χ4n) is 3.48. The van der Waals surface area contributed by atoms with Gasteiger partial charge in [0.05, 0.1) is 5.69 Å². The molecule has 5 rings (SSSR count). The summed E-state index contributed by atoms with van der Waals surface area (Å²) < 4.78 is 2.00. The lowest BCUT2D eigenvalue weighted by Gasteiger charge is -2.09. The number of benzene rings is 2. The first-order valence-electron chi connectivity index (χ1n) is 10.9. The van der Waals surface area contributed by atoms with E-state index in [1.54, 1.807) is 72.6 Å². The molecule has 5 aromatic rings. The van der Waals surface area contributed by atoms with E-state index in [0.717, 1.165) is 22.0 Å². The summed E-state index contributed by atoms with van der Waals surface area (Å²) in [5, 5.41) is 5.59. The third kappa shape index (κ3) is 5.56. The zero-order valence-electron chi connectivity index (χ0n) is 18.6. The number of nitrogens with one attached hydrogen (secondary N) is 2. The summed E-state index contributed by atoms with van der Waals surface area (Å²) in [6.45, 7) is 0. The van der Waals surface area contributed by atoms with E-state index in [0.29, 0.717) is 22.6 Å². The molecule has 0 unspecified atom stereocenters. The van der Waals surface area contributed by atoms with Crippen LogP contribution in [-0.4, -0.2) is 26.2 Å². The molecule has 172 valence electrons. The van der Waals surface area contributed by atoms with Crippen LogP contribution in [0.3, 0.4) is 0 Å². The Hall–Kier alpha value is -4.43. The monoisotopic (exact) mass is 479 g/mol. The summed E-state index contributed by atoms with van der Waals surface area (Å²) in [6, 6.07) is 25.4. The van der Waals surface area contributed by atoms with Crippen LogP contribution < -0.4 is 10.6 Å². The van der Waals surface area contributed by atoms with Crippen LogP contribution in [0.1, 0.15) is 26.4 Å². The zero-order chi connectivity index (χ0) is 24.0. The fourth-order valence-corrected chi connectivity index (χ4v) is 4.27. The van der Waals surface area contributed by atoms with Gasteiger partial charge in [-0.25, -0.2) is 9.97 Å². The normalized spacial score (nSPS) is 10.7. The highest BCUT2D eigenvalue weighted by molar-refractivity contribution is 7.98. The van der Waals surface area contributed by atoms with Crippen molar-refractivity contribution in [3.05, 3.63) is 120 Å². The first-order chi connectivity index (χ1) is 17.1. The predicted octanol–water partition coefficient (Wildman–Crippen LogP) is 5.53. The van der Waals surface area contributed by atoms with Crippen molar-refractivity contribution in [1.82, 2.24) is 14.4 Å². The quantitative estimate of drug-likeness (QED) is 0.300. The molecule has 3 aromatic heterocycles. The predicted molar refractivity (Wildman–Crippen MR) is 138 cm³/mol. The van der Waals surface area contributed by atoms with Crippen LogP contribution >= 0.6 is 11.8 Å². The number of carbonyl (C=O) groups excluding carboxylic acids is 2. The summed E-state index contributed by atoms with van der Waals surface area (Å²) in [7, 11) is 0. The molecule has 8 heteroatoms. The molecule has 0 saturated heterocycles. The van der Waals surface area contributed by atoms with Gasteiger partial charge >= 0.3 is 0 Å². The molecule has 3 heterocycles. The Labute approximate surface area is 206 Å². The van der Waals surface area contributed by atoms with Gasteiger partial charge in [0.15, 0.2) is 0 Å². The molecule has 0 aliphatic heterocycles. The topological polar surface area (TPSA) is 88.4 Å². The molecule has 0 fully saturated rings. The molecule has 0 bridgehead atoms. The van der Waals surface area contributed by atoms with Crippen LogP contribution in [0.4, 0.5) is 11.5 Å². The molecule has 0 aliphatic carbocycles. The number of pyridine rings is 2. The van der Waals surface area contributed by atoms with Crippen molar-refractivity contribution >= 4 is 40.7 Å². The average molecular weight is 480 g/mol. The molecule has 35 heavy (non-hydrogen) atoms. The summed E-state index contributed by atoms with van der Waals surface area (Å²) >= 11 is 1.66. The Morgan fingerprint density at radius 2 is 1.66 bits per heavy atom. The Morgan fingerprint density at radius 3 is 2.46 bits per heavy atom. The number of imidazole rings is 1. The Balaban J connectivity index is 1.19. The van der Waals surface area contributed by atoms with Crippen LogP contribution in [0.5, 0.6) is 0 Å². The van der Waals surface area contributed by atoms with Crippen molar-refractivity contribution in [1.29, 1.82) is 0 Å². The van der Waals surface area contributed by atoms with Gasteiger partial charge in [0.2, 0.25) is 0 Å². The number of thioether (sulfide) groups is 1. The van der Waals surface area contributed by atoms with Gasteiger partial charge in [0.1, 0.15) is 11.5 Å². The second kappa shape index (κ2) is 10.2. The molecule has 0 aliphatic rings. The standard InChI is InChI=1S/C27H21N5O2S/c33-26(30-21-7-5-6-20(16-21)27(34)31-24-8-1-3-14-28-24)19-10-12-23(13-11-19)35-18-22-17-32-15-4-2-9-25(32)29-22/h1-17H,18H2,(H,30,33)(H,28,31,34). The van der Waals surface area contributed by atoms with Gasteiger partial charge in [-0.15, -0.1) is 11.8 Å². The number of anilines is 2. The number of hydrogen-bond donors (Lipinski definition) is 2. The van der Waals surface area contributed by atoms with Gasteiger partial charge in [-0.1, -0.05) is 18.2 Å². The number of aromatic nitrogens is 3. The third-order valence-corrected chi connectivity index (χ3v) is 6.25. The summed E-state index contributed by atoms with van der Waals surface area (Å²) in [5.74, 6) is 0.655. The lowest BCUT2D eigenvalue weighted by molar-refractivity contribution is 0.101. The van der Waals surface area contributed by atoms with Gasteiger partial charge in [0.25, 0.3) is 11.8 Å². The van der Waals surface area contributed by atoms with Crippen LogP contribution in [-0.2, 0) is 5.75 Å². The molecule has 0 radical (unpaired) electrons. The molecule has 2 N–H and O–H groups in total. The van der Waals surface area contributed by atoms with Crippen molar-refractivity contribution in [2.45, 2.75) is 10.6 Å². The first kappa shape index (κ1) is 22.4. The van der Waals surface area contributed by atoms with Crippen LogP contribution in [0.15, 0.2) is 108 Å². The SMILES string of the molecule is O=C(Nc1cccc(C(=O)Nc2ccccn2)c1)c1ccc(SCc2cn3ccccc3n2)cc1. The van der Waals surface area contributed by atoms with E-state index in [-0.39, 0.29) is 11.8 Å². The minimum absolute atomic E-state index is 0.246. The first-order valence-corrected chi connectivity index (χ1v) is 11.9. The number of amides is 2. The van der Waals surface area contributed by atoms with Crippen molar-refractivity contribution in [2.24, 2.45) is 0 Å². The molecule has 2 amide bonds. The van der Waals surface area contributed by atoms with Crippen LogP contribution in [0.2, 0.25) is 0 Å². The number of carbonyl (C=O) groups is 2. The zero-order valence-corrected chi connectivity index (χ0v) is 19.4. The Bertz CT molecular complexity index is 1450. The van der Waals surface area contributed by atoms with Crippen LogP contribution in [0.25, 0.3) is 5.65 Å². The molecule has 0 saturated carbocycles. The lowest BCUT2D eigenvalue weighted by atomic mass is 10.1. The summed E-state index contributed by atoms with van der Waals surface area (Å²) in [6.07, 6.45) is 5.61. The van der Waals surface area contributed by atoms with Gasteiger partial charge in [-0.05, 0) is 66.7 Å². The smallest absolute Gasteiger partial charge is 0.256 e. The molecule has 2 aromatic carbocycles. The molecular formula is C27H21N5O2S. The summed E-state index contributed by atoms with van der Waals surface area (Å²) in [4.78, 5) is 35.0. The lowest BCUT2D eigenvalue weighted by Crippen LogP contribution is -2.15. The number of rotatable bonds is 7. The van der Waals surface area contributed by atoms with Crippen molar-refractivity contribution in [3.63, 3.8) is 0 Å². The minimum Gasteiger partial charge on any atom is -0.322 e. The molecule has 7 nitrogen and oxygen atoms in total. The largest absolute Gasteiger partial charge is 0.322 e. The maximum atomic E-state index is 12.7. The van der Waals surface area contributed by atoms with E-state index >= 15 is 0 Å². The second-order valence-electron chi connectivity index (χ2n) is 7.72. The minimum atomic E-state index is -0.299. The van der Waals surface area contributed by atoms with E-state index in [4.69, 9.17) is 0 Å². The Kier molecular flexibility index (Phi) is 6.54. The average Bonchev–Trinajstić information content (AvgIpc) is 3.32. The second-order valence-corrected chi connectivity index (χ2v) is 8.76. The van der Waals surface area contributed by atoms with Gasteiger partial charge < -0.3 is 15.0 Å². The molecular weight excluding hydrogens is 458 g/mol. The fraction of sp³-hybridized carbons (Fsp3) is 0.0370. The molecule has 0 atom stereocenters. The van der Waals surface area contributed by atoms with Gasteiger partial charge in [0, 0.05) is 46.1 Å². The maximum absolute atomic E-state index is 12.7. The third-order valence-electron chi connectivity index (χ3n) is 5.21. The summed E-state index contributed by atoms with van der Waals surface area (Å²) in [5.41, 5.74) is 3.41. The van der Waals surface area contributed by atoms with E-state index < -0.39 is 0 Å². The number of hydrogen-bond acceptors (Lipinski definition) is 5. The number of nitrogens with zero attached hydrogens (tertiary/aromatic N) is 3. The van der Waals surface area contributed by atoms with Crippen molar-refractivity contribution in [2.75, 3.05) is 10.6 Å². The van der Waals surface area contributed by atoms with Gasteiger partial charge in [-0.2, -0.15) is 0 Å². The van der Waals surface area contributed by atoms with Crippen molar-refractivity contribution in [3.8, 4) is 0 Å². The van der Waals surface area contributed by atoms with E-state index in [1.807, 2.05) is 47.1 Å².